The largest absolute Gasteiger partial charge is 0.361 e. The van der Waals surface area contributed by atoms with Crippen LogP contribution in [0, 0.1) is 37.9 Å². The maximum absolute atomic E-state index is 14.8. The summed E-state index contributed by atoms with van der Waals surface area (Å²) in [5, 5.41) is 13.4. The Hall–Kier alpha value is -3.13. The van der Waals surface area contributed by atoms with Gasteiger partial charge in [-0.2, -0.15) is 5.26 Å². The maximum atomic E-state index is 14.8. The number of rotatable bonds is 4. The van der Waals surface area contributed by atoms with Gasteiger partial charge in [0.1, 0.15) is 11.6 Å². The highest BCUT2D eigenvalue weighted by molar-refractivity contribution is 5.76. The average Bonchev–Trinajstić information content (AvgIpc) is 3.41. The molecule has 0 unspecified atom stereocenters. The molecule has 1 aromatic heterocycles. The van der Waals surface area contributed by atoms with Crippen LogP contribution in [-0.2, 0) is 5.41 Å². The summed E-state index contributed by atoms with van der Waals surface area (Å²) in [5.74, 6) is 0.458. The first kappa shape index (κ1) is 18.2. The molecule has 1 aliphatic carbocycles. The number of nitrogens with zero attached hydrogens (tertiary/aromatic N) is 3. The van der Waals surface area contributed by atoms with Crippen molar-refractivity contribution >= 4 is 11.4 Å². The molecule has 1 saturated carbocycles. The van der Waals surface area contributed by atoms with Crippen LogP contribution in [0.25, 0.3) is 11.1 Å². The van der Waals surface area contributed by atoms with Crippen LogP contribution in [0.4, 0.5) is 15.8 Å². The van der Waals surface area contributed by atoms with Gasteiger partial charge in [0.15, 0.2) is 0 Å². The van der Waals surface area contributed by atoms with Crippen molar-refractivity contribution in [2.24, 2.45) is 0 Å². The van der Waals surface area contributed by atoms with Gasteiger partial charge in [0.05, 0.1) is 17.2 Å². The normalized spacial score (nSPS) is 14.6. The van der Waals surface area contributed by atoms with Crippen LogP contribution in [0.2, 0.25) is 0 Å². The van der Waals surface area contributed by atoms with Gasteiger partial charge in [0.25, 0.3) is 0 Å². The number of nitriles is 1. The molecule has 0 N–H and O–H groups in total. The highest BCUT2D eigenvalue weighted by Gasteiger charge is 2.46. The van der Waals surface area contributed by atoms with E-state index in [2.05, 4.69) is 17.3 Å². The van der Waals surface area contributed by atoms with Crippen molar-refractivity contribution in [3.8, 4) is 17.2 Å². The van der Waals surface area contributed by atoms with Gasteiger partial charge in [0, 0.05) is 29.5 Å². The van der Waals surface area contributed by atoms with Crippen LogP contribution in [0.3, 0.4) is 0 Å². The SMILES string of the molecule is Cc1ccc(-c2c(C)noc2C)cc1N(C)c1ccc(C2(C#N)CC2)c(F)c1. The minimum atomic E-state index is -0.625. The van der Waals surface area contributed by atoms with E-state index in [0.717, 1.165) is 52.4 Å². The lowest BCUT2D eigenvalue weighted by atomic mass is 9.96. The van der Waals surface area contributed by atoms with Crippen LogP contribution in [0.1, 0.15) is 35.4 Å². The van der Waals surface area contributed by atoms with Crippen molar-refractivity contribution in [3.63, 3.8) is 0 Å². The van der Waals surface area contributed by atoms with Gasteiger partial charge in [-0.25, -0.2) is 4.39 Å². The molecule has 1 aliphatic rings. The second kappa shape index (κ2) is 6.49. The quantitative estimate of drug-likeness (QED) is 0.584. The Balaban J connectivity index is 1.73. The summed E-state index contributed by atoms with van der Waals surface area (Å²) in [4.78, 5) is 1.97. The highest BCUT2D eigenvalue weighted by Crippen LogP contribution is 2.49. The predicted octanol–water partition coefficient (Wildman–Crippen LogP) is 5.73. The van der Waals surface area contributed by atoms with E-state index in [9.17, 15) is 9.65 Å². The Morgan fingerprint density at radius 2 is 1.89 bits per heavy atom. The van der Waals surface area contributed by atoms with E-state index >= 15 is 0 Å². The maximum Gasteiger partial charge on any atom is 0.141 e. The molecule has 142 valence electrons. The van der Waals surface area contributed by atoms with E-state index in [-0.39, 0.29) is 5.82 Å². The summed E-state index contributed by atoms with van der Waals surface area (Å²) < 4.78 is 20.1. The molecule has 0 radical (unpaired) electrons. The van der Waals surface area contributed by atoms with Crippen LogP contribution in [0.5, 0.6) is 0 Å². The molecule has 0 saturated heterocycles. The van der Waals surface area contributed by atoms with Crippen molar-refractivity contribution in [3.05, 3.63) is 64.8 Å². The molecule has 4 nitrogen and oxygen atoms in total. The third kappa shape index (κ3) is 2.86. The average molecular weight is 375 g/mol. The van der Waals surface area contributed by atoms with Gasteiger partial charge in [0.2, 0.25) is 0 Å². The predicted molar refractivity (Wildman–Crippen MR) is 107 cm³/mol. The zero-order valence-electron chi connectivity index (χ0n) is 16.5. The Bertz CT molecular complexity index is 1090. The molecule has 5 heteroatoms. The van der Waals surface area contributed by atoms with E-state index in [1.54, 1.807) is 6.07 Å². The fourth-order valence-electron chi connectivity index (χ4n) is 3.83. The summed E-state index contributed by atoms with van der Waals surface area (Å²) in [6, 6.07) is 13.6. The molecular formula is C23H22FN3O. The molecule has 1 heterocycles. The second-order valence-corrected chi connectivity index (χ2v) is 7.62. The Morgan fingerprint density at radius 3 is 2.46 bits per heavy atom. The topological polar surface area (TPSA) is 53.1 Å². The Morgan fingerprint density at radius 1 is 1.14 bits per heavy atom. The van der Waals surface area contributed by atoms with Gasteiger partial charge in [-0.1, -0.05) is 23.4 Å². The third-order valence-electron chi connectivity index (χ3n) is 5.71. The standard InChI is InChI=1S/C23H22FN3O/c1-14-5-6-17(22-15(2)26-28-16(22)3)11-21(14)27(4)18-7-8-19(20(24)12-18)23(13-25)9-10-23/h5-8,11-12H,9-10H2,1-4H3. The van der Waals surface area contributed by atoms with Gasteiger partial charge in [-0.3, -0.25) is 0 Å². The lowest BCUT2D eigenvalue weighted by Gasteiger charge is -2.23. The first-order chi connectivity index (χ1) is 13.4. The summed E-state index contributed by atoms with van der Waals surface area (Å²) >= 11 is 0. The zero-order valence-corrected chi connectivity index (χ0v) is 16.5. The number of hydrogen-bond donors (Lipinski definition) is 0. The molecular weight excluding hydrogens is 353 g/mol. The van der Waals surface area contributed by atoms with Gasteiger partial charge in [-0.15, -0.1) is 0 Å². The number of anilines is 2. The lowest BCUT2D eigenvalue weighted by molar-refractivity contribution is 0.393. The van der Waals surface area contributed by atoms with E-state index in [0.29, 0.717) is 5.56 Å². The molecule has 1 fully saturated rings. The lowest BCUT2D eigenvalue weighted by Crippen LogP contribution is -2.13. The molecule has 0 spiro atoms. The van der Waals surface area contributed by atoms with E-state index < -0.39 is 5.41 Å². The van der Waals surface area contributed by atoms with E-state index in [1.807, 2.05) is 50.9 Å². The zero-order chi connectivity index (χ0) is 20.1. The fraction of sp³-hybridized carbons (Fsp3) is 0.304. The van der Waals surface area contributed by atoms with Crippen LogP contribution in [-0.4, -0.2) is 12.2 Å². The molecule has 3 aromatic rings. The van der Waals surface area contributed by atoms with Crippen molar-refractivity contribution in [1.29, 1.82) is 5.26 Å². The summed E-state index contributed by atoms with van der Waals surface area (Å²) in [6.07, 6.45) is 1.46. The highest BCUT2D eigenvalue weighted by atomic mass is 19.1. The monoisotopic (exact) mass is 375 g/mol. The van der Waals surface area contributed by atoms with Crippen molar-refractivity contribution < 1.29 is 8.91 Å². The van der Waals surface area contributed by atoms with Crippen LogP contribution >= 0.6 is 0 Å². The third-order valence-corrected chi connectivity index (χ3v) is 5.71. The number of benzene rings is 2. The Labute approximate surface area is 164 Å². The summed E-state index contributed by atoms with van der Waals surface area (Å²) in [6.45, 7) is 5.85. The fourth-order valence-corrected chi connectivity index (χ4v) is 3.83. The smallest absolute Gasteiger partial charge is 0.141 e. The van der Waals surface area contributed by atoms with Gasteiger partial charge in [-0.05, 0) is 62.9 Å². The number of hydrogen-bond acceptors (Lipinski definition) is 4. The molecule has 0 atom stereocenters. The number of aryl methyl sites for hydroxylation is 3. The van der Waals surface area contributed by atoms with Gasteiger partial charge >= 0.3 is 0 Å². The van der Waals surface area contributed by atoms with Crippen LogP contribution in [0.15, 0.2) is 40.9 Å². The first-order valence-electron chi connectivity index (χ1n) is 9.35. The van der Waals surface area contributed by atoms with Crippen molar-refractivity contribution in [2.45, 2.75) is 39.0 Å². The first-order valence-corrected chi connectivity index (χ1v) is 9.35. The van der Waals surface area contributed by atoms with Crippen molar-refractivity contribution in [2.75, 3.05) is 11.9 Å². The molecule has 4 rings (SSSR count). The van der Waals surface area contributed by atoms with Crippen LogP contribution < -0.4 is 4.90 Å². The summed E-state index contributed by atoms with van der Waals surface area (Å²) in [5.41, 5.74) is 5.53. The summed E-state index contributed by atoms with van der Waals surface area (Å²) in [7, 11) is 1.92. The molecule has 0 bridgehead atoms. The minimum Gasteiger partial charge on any atom is -0.361 e. The number of aromatic nitrogens is 1. The molecule has 28 heavy (non-hydrogen) atoms. The molecule has 0 aliphatic heterocycles. The Kier molecular flexibility index (Phi) is 4.23. The minimum absolute atomic E-state index is 0.317. The second-order valence-electron chi connectivity index (χ2n) is 7.62. The number of halogens is 1. The van der Waals surface area contributed by atoms with Gasteiger partial charge < -0.3 is 9.42 Å². The molecule has 0 amide bonds. The molecule has 2 aromatic carbocycles. The van der Waals surface area contributed by atoms with E-state index in [1.165, 1.54) is 6.07 Å². The van der Waals surface area contributed by atoms with E-state index in [4.69, 9.17) is 4.52 Å². The van der Waals surface area contributed by atoms with Crippen molar-refractivity contribution in [1.82, 2.24) is 5.16 Å².